The van der Waals surface area contributed by atoms with Gasteiger partial charge in [-0.3, -0.25) is 4.79 Å². The van der Waals surface area contributed by atoms with Crippen molar-refractivity contribution in [2.24, 2.45) is 0 Å². The molecule has 0 unspecified atom stereocenters. The van der Waals surface area contributed by atoms with Crippen LogP contribution in [0, 0.1) is 20.8 Å². The summed E-state index contributed by atoms with van der Waals surface area (Å²) < 4.78 is 28.2. The first-order chi connectivity index (χ1) is 12.9. The Morgan fingerprint density at radius 3 is 2.63 bits per heavy atom. The summed E-state index contributed by atoms with van der Waals surface area (Å²) >= 11 is 0. The molecule has 0 spiro atoms. The molecule has 0 saturated carbocycles. The maximum atomic E-state index is 12.8. The number of benzene rings is 1. The Balaban J connectivity index is 1.69. The number of alkyl halides is 2. The molecular weight excluding hydrogens is 352 g/mol. The van der Waals surface area contributed by atoms with Gasteiger partial charge in [-0.1, -0.05) is 12.1 Å². The fourth-order valence-corrected chi connectivity index (χ4v) is 2.85. The Kier molecular flexibility index (Phi) is 5.34. The van der Waals surface area contributed by atoms with Gasteiger partial charge < -0.3 is 9.88 Å². The summed E-state index contributed by atoms with van der Waals surface area (Å²) in [5, 5.41) is 6.68. The summed E-state index contributed by atoms with van der Waals surface area (Å²) in [6.45, 7) is 3.97. The van der Waals surface area contributed by atoms with Crippen molar-refractivity contribution < 1.29 is 13.6 Å². The molecule has 0 radical (unpaired) electrons. The van der Waals surface area contributed by atoms with Crippen LogP contribution in [-0.4, -0.2) is 31.8 Å². The Labute approximate surface area is 155 Å². The minimum absolute atomic E-state index is 0.217. The monoisotopic (exact) mass is 373 g/mol. The first kappa shape index (κ1) is 18.8. The van der Waals surface area contributed by atoms with Crippen LogP contribution in [0.25, 0.3) is 11.1 Å². The van der Waals surface area contributed by atoms with Gasteiger partial charge in [0.1, 0.15) is 0 Å². The van der Waals surface area contributed by atoms with E-state index in [0.717, 1.165) is 11.4 Å². The van der Waals surface area contributed by atoms with Gasteiger partial charge in [0.15, 0.2) is 0 Å². The lowest BCUT2D eigenvalue weighted by Crippen LogP contribution is -2.27. The molecule has 27 heavy (non-hydrogen) atoms. The first-order valence-corrected chi connectivity index (χ1v) is 8.57. The van der Waals surface area contributed by atoms with E-state index in [-0.39, 0.29) is 5.91 Å². The minimum Gasteiger partial charge on any atom is -0.350 e. The highest BCUT2D eigenvalue weighted by Crippen LogP contribution is 2.25. The largest absolute Gasteiger partial charge is 0.350 e. The van der Waals surface area contributed by atoms with Crippen LogP contribution in [0.5, 0.6) is 0 Å². The van der Waals surface area contributed by atoms with Gasteiger partial charge in [0.25, 0.3) is 5.91 Å². The zero-order chi connectivity index (χ0) is 19.6. The normalized spacial score (nSPS) is 11.2. The van der Waals surface area contributed by atoms with Gasteiger partial charge >= 0.3 is 6.55 Å². The third kappa shape index (κ3) is 4.05. The molecule has 0 atom stereocenters. The van der Waals surface area contributed by atoms with Crippen molar-refractivity contribution in [1.29, 1.82) is 0 Å². The van der Waals surface area contributed by atoms with E-state index in [1.807, 2.05) is 18.4 Å². The number of hydrogen-bond donors (Lipinski definition) is 1. The zero-order valence-electron chi connectivity index (χ0n) is 15.4. The number of nitrogens with zero attached hydrogens (tertiary/aromatic N) is 4. The molecule has 0 bridgehead atoms. The summed E-state index contributed by atoms with van der Waals surface area (Å²) in [5.41, 5.74) is 4.24. The fourth-order valence-electron chi connectivity index (χ4n) is 2.85. The molecular formula is C19H21F2N5O. The van der Waals surface area contributed by atoms with E-state index in [1.54, 1.807) is 37.5 Å². The van der Waals surface area contributed by atoms with E-state index in [2.05, 4.69) is 15.4 Å². The molecule has 2 aromatic heterocycles. The average Bonchev–Trinajstić information content (AvgIpc) is 3.19. The third-order valence-corrected chi connectivity index (χ3v) is 4.54. The second-order valence-corrected chi connectivity index (χ2v) is 6.33. The molecule has 142 valence electrons. The van der Waals surface area contributed by atoms with Crippen LogP contribution in [-0.2, 0) is 6.54 Å². The smallest absolute Gasteiger partial charge is 0.333 e. The topological polar surface area (TPSA) is 64.7 Å². The second kappa shape index (κ2) is 7.69. The molecule has 0 saturated heterocycles. The fraction of sp³-hybridized carbons (Fsp3) is 0.316. The second-order valence-electron chi connectivity index (χ2n) is 6.33. The highest BCUT2D eigenvalue weighted by Gasteiger charge is 2.14. The van der Waals surface area contributed by atoms with Crippen molar-refractivity contribution >= 4 is 5.91 Å². The standard InChI is InChI=1S/C19H21F2N5O/c1-12-14(3)25(11-23-12)8-7-22-18(27)16-6-4-5-15(9-16)17-10-26(19(20)21)24-13(17)2/h4-6,9-11,19H,7-8H2,1-3H3,(H,22,27). The Bertz CT molecular complexity index is 961. The van der Waals surface area contributed by atoms with E-state index in [0.29, 0.717) is 40.2 Å². The average molecular weight is 373 g/mol. The number of rotatable bonds is 6. The van der Waals surface area contributed by atoms with Crippen molar-refractivity contribution in [1.82, 2.24) is 24.6 Å². The molecule has 3 rings (SSSR count). The van der Waals surface area contributed by atoms with Gasteiger partial charge in [0, 0.05) is 36.1 Å². The van der Waals surface area contributed by atoms with E-state index >= 15 is 0 Å². The number of imidazole rings is 1. The number of hydrogen-bond acceptors (Lipinski definition) is 3. The van der Waals surface area contributed by atoms with Crippen molar-refractivity contribution in [3.8, 4) is 11.1 Å². The quantitative estimate of drug-likeness (QED) is 0.719. The van der Waals surface area contributed by atoms with Crippen LogP contribution in [0.15, 0.2) is 36.8 Å². The minimum atomic E-state index is -2.70. The number of aromatic nitrogens is 4. The summed E-state index contributed by atoms with van der Waals surface area (Å²) in [4.78, 5) is 16.7. The lowest BCUT2D eigenvalue weighted by atomic mass is 10.0. The Morgan fingerprint density at radius 1 is 1.22 bits per heavy atom. The molecule has 0 aliphatic rings. The van der Waals surface area contributed by atoms with Gasteiger partial charge in [-0.2, -0.15) is 13.9 Å². The lowest BCUT2D eigenvalue weighted by molar-refractivity contribution is 0.0563. The molecule has 6 nitrogen and oxygen atoms in total. The number of aryl methyl sites for hydroxylation is 2. The third-order valence-electron chi connectivity index (χ3n) is 4.54. The highest BCUT2D eigenvalue weighted by molar-refractivity contribution is 5.95. The maximum Gasteiger partial charge on any atom is 0.333 e. The summed E-state index contributed by atoms with van der Waals surface area (Å²) in [6, 6.07) is 6.88. The predicted molar refractivity (Wildman–Crippen MR) is 97.7 cm³/mol. The van der Waals surface area contributed by atoms with Crippen molar-refractivity contribution in [3.05, 3.63) is 59.4 Å². The van der Waals surface area contributed by atoms with Gasteiger partial charge in [0.05, 0.1) is 17.7 Å². The Hall–Kier alpha value is -3.03. The number of halogens is 2. The van der Waals surface area contributed by atoms with E-state index < -0.39 is 6.55 Å². The van der Waals surface area contributed by atoms with E-state index in [9.17, 15) is 13.6 Å². The molecule has 0 fully saturated rings. The maximum absolute atomic E-state index is 12.8. The van der Waals surface area contributed by atoms with Crippen LogP contribution in [0.2, 0.25) is 0 Å². The number of nitrogens with one attached hydrogen (secondary N) is 1. The number of carbonyl (C=O) groups excluding carboxylic acids is 1. The molecule has 1 aromatic carbocycles. The number of carbonyl (C=O) groups is 1. The van der Waals surface area contributed by atoms with Gasteiger partial charge in [-0.05, 0) is 38.5 Å². The van der Waals surface area contributed by atoms with Crippen LogP contribution in [0.3, 0.4) is 0 Å². The molecule has 3 aromatic rings. The molecule has 0 aliphatic carbocycles. The van der Waals surface area contributed by atoms with Crippen molar-refractivity contribution in [2.45, 2.75) is 33.9 Å². The van der Waals surface area contributed by atoms with Crippen LogP contribution in [0.4, 0.5) is 8.78 Å². The van der Waals surface area contributed by atoms with Gasteiger partial charge in [0.2, 0.25) is 0 Å². The van der Waals surface area contributed by atoms with Crippen LogP contribution in [0.1, 0.15) is 34.0 Å². The molecule has 2 heterocycles. The molecule has 8 heteroatoms. The van der Waals surface area contributed by atoms with Crippen LogP contribution < -0.4 is 5.32 Å². The summed E-state index contributed by atoms with van der Waals surface area (Å²) in [6.07, 6.45) is 3.04. The summed E-state index contributed by atoms with van der Waals surface area (Å²) in [5.74, 6) is -0.217. The van der Waals surface area contributed by atoms with E-state index in [1.165, 1.54) is 6.20 Å². The van der Waals surface area contributed by atoms with Gasteiger partial charge in [-0.15, -0.1) is 0 Å². The predicted octanol–water partition coefficient (Wildman–Crippen LogP) is 3.50. The molecule has 1 N–H and O–H groups in total. The molecule has 0 aliphatic heterocycles. The molecule has 1 amide bonds. The van der Waals surface area contributed by atoms with Crippen molar-refractivity contribution in [2.75, 3.05) is 6.54 Å². The number of amides is 1. The van der Waals surface area contributed by atoms with Crippen molar-refractivity contribution in [3.63, 3.8) is 0 Å². The highest BCUT2D eigenvalue weighted by atomic mass is 19.3. The van der Waals surface area contributed by atoms with E-state index in [4.69, 9.17) is 0 Å². The van der Waals surface area contributed by atoms with Crippen LogP contribution >= 0.6 is 0 Å². The summed E-state index contributed by atoms with van der Waals surface area (Å²) in [7, 11) is 0. The van der Waals surface area contributed by atoms with Gasteiger partial charge in [-0.25, -0.2) is 9.67 Å². The SMILES string of the molecule is Cc1nn(C(F)F)cc1-c1cccc(C(=O)NCCn2cnc(C)c2C)c1. The zero-order valence-corrected chi connectivity index (χ0v) is 15.4. The Morgan fingerprint density at radius 2 is 2.00 bits per heavy atom. The first-order valence-electron chi connectivity index (χ1n) is 8.57. The lowest BCUT2D eigenvalue weighted by Gasteiger charge is -2.09.